The van der Waals surface area contributed by atoms with Crippen molar-refractivity contribution in [1.82, 2.24) is 5.43 Å². The van der Waals surface area contributed by atoms with Gasteiger partial charge in [0.2, 0.25) is 0 Å². The third-order valence-corrected chi connectivity index (χ3v) is 3.03. The van der Waals surface area contributed by atoms with E-state index in [2.05, 4.69) is 10.5 Å². The molecule has 0 fully saturated rings. The smallest absolute Gasteiger partial charge is 0.282 e. The number of rotatable bonds is 5. The van der Waals surface area contributed by atoms with Gasteiger partial charge in [-0.05, 0) is 41.5 Å². The van der Waals surface area contributed by atoms with Gasteiger partial charge in [-0.2, -0.15) is 10.4 Å². The lowest BCUT2D eigenvalue weighted by Crippen LogP contribution is -2.19. The van der Waals surface area contributed by atoms with Crippen molar-refractivity contribution in [2.75, 3.05) is 0 Å². The van der Waals surface area contributed by atoms with E-state index in [1.54, 1.807) is 18.2 Å². The van der Waals surface area contributed by atoms with Gasteiger partial charge in [-0.15, -0.1) is 0 Å². The Morgan fingerprint density at radius 1 is 1.24 bits per heavy atom. The number of phenolic OH excluding ortho intramolecular Hbond substituents is 1. The number of non-ortho nitro benzene ring substituents is 1. The second kappa shape index (κ2) is 8.03. The highest BCUT2D eigenvalue weighted by Crippen LogP contribution is 2.15. The van der Waals surface area contributed by atoms with E-state index in [0.29, 0.717) is 11.1 Å². The molecule has 0 saturated heterocycles. The molecule has 0 aliphatic heterocycles. The first-order valence-electron chi connectivity index (χ1n) is 6.98. The number of carbonyl (C=O) groups excluding carboxylic acids is 1. The van der Waals surface area contributed by atoms with Crippen molar-refractivity contribution in [1.29, 1.82) is 5.26 Å². The second-order valence-corrected chi connectivity index (χ2v) is 4.81. The lowest BCUT2D eigenvalue weighted by molar-refractivity contribution is -0.384. The quantitative estimate of drug-likeness (QED) is 0.285. The largest absolute Gasteiger partial charge is 0.508 e. The van der Waals surface area contributed by atoms with Gasteiger partial charge < -0.3 is 5.11 Å². The fourth-order valence-corrected chi connectivity index (χ4v) is 1.83. The molecule has 0 saturated carbocycles. The topological polar surface area (TPSA) is 129 Å². The SMILES string of the molecule is N#C/C(=C\c1cccc([N+](=O)[O-])c1)C(=O)N/N=C/c1ccc(O)cc1. The molecule has 0 aliphatic rings. The number of phenols is 1. The van der Waals surface area contributed by atoms with Crippen molar-refractivity contribution in [3.05, 3.63) is 75.3 Å². The van der Waals surface area contributed by atoms with Crippen LogP contribution in [0.2, 0.25) is 0 Å². The lowest BCUT2D eigenvalue weighted by Gasteiger charge is -1.99. The summed E-state index contributed by atoms with van der Waals surface area (Å²) in [6.45, 7) is 0. The molecule has 0 spiro atoms. The average molecular weight is 336 g/mol. The van der Waals surface area contributed by atoms with Crippen LogP contribution in [-0.4, -0.2) is 22.2 Å². The van der Waals surface area contributed by atoms with E-state index in [1.165, 1.54) is 48.7 Å². The van der Waals surface area contributed by atoms with Crippen molar-refractivity contribution in [2.24, 2.45) is 5.10 Å². The van der Waals surface area contributed by atoms with Crippen LogP contribution in [0.4, 0.5) is 5.69 Å². The molecule has 0 aromatic heterocycles. The Hall–Kier alpha value is -3.99. The summed E-state index contributed by atoms with van der Waals surface area (Å²) in [4.78, 5) is 22.1. The minimum atomic E-state index is -0.746. The van der Waals surface area contributed by atoms with Crippen LogP contribution < -0.4 is 5.43 Å². The minimum absolute atomic E-state index is 0.104. The van der Waals surface area contributed by atoms with Crippen molar-refractivity contribution in [3.63, 3.8) is 0 Å². The summed E-state index contributed by atoms with van der Waals surface area (Å²) in [7, 11) is 0. The molecule has 8 nitrogen and oxygen atoms in total. The van der Waals surface area contributed by atoms with Gasteiger partial charge in [-0.1, -0.05) is 12.1 Å². The summed E-state index contributed by atoms with van der Waals surface area (Å²) >= 11 is 0. The van der Waals surface area contributed by atoms with E-state index < -0.39 is 10.8 Å². The fraction of sp³-hybridized carbons (Fsp3) is 0. The van der Waals surface area contributed by atoms with Gasteiger partial charge in [0.15, 0.2) is 0 Å². The molecule has 1 amide bonds. The number of aromatic hydroxyl groups is 1. The van der Waals surface area contributed by atoms with E-state index in [1.807, 2.05) is 0 Å². The zero-order chi connectivity index (χ0) is 18.2. The monoisotopic (exact) mass is 336 g/mol. The summed E-state index contributed by atoms with van der Waals surface area (Å²) in [6, 6.07) is 13.4. The van der Waals surface area contributed by atoms with Gasteiger partial charge in [-0.3, -0.25) is 14.9 Å². The first kappa shape index (κ1) is 17.4. The van der Waals surface area contributed by atoms with E-state index in [-0.39, 0.29) is 17.0 Å². The van der Waals surface area contributed by atoms with Crippen molar-refractivity contribution < 1.29 is 14.8 Å². The Labute approximate surface area is 142 Å². The van der Waals surface area contributed by atoms with Crippen LogP contribution in [-0.2, 0) is 4.79 Å². The number of nitro benzene ring substituents is 1. The van der Waals surface area contributed by atoms with Gasteiger partial charge in [-0.25, -0.2) is 5.43 Å². The Kier molecular flexibility index (Phi) is 5.58. The molecule has 2 rings (SSSR count). The number of nitro groups is 1. The maximum atomic E-state index is 12.0. The van der Waals surface area contributed by atoms with Crippen LogP contribution >= 0.6 is 0 Å². The van der Waals surface area contributed by atoms with Gasteiger partial charge in [0.1, 0.15) is 17.4 Å². The molecular formula is C17H12N4O4. The van der Waals surface area contributed by atoms with E-state index in [4.69, 9.17) is 10.4 Å². The van der Waals surface area contributed by atoms with E-state index >= 15 is 0 Å². The van der Waals surface area contributed by atoms with Crippen molar-refractivity contribution in [3.8, 4) is 11.8 Å². The Morgan fingerprint density at radius 3 is 2.60 bits per heavy atom. The predicted molar refractivity (Wildman–Crippen MR) is 90.5 cm³/mol. The molecule has 0 unspecified atom stereocenters. The summed E-state index contributed by atoms with van der Waals surface area (Å²) in [5.41, 5.74) is 2.80. The number of hydrogen-bond donors (Lipinski definition) is 2. The second-order valence-electron chi connectivity index (χ2n) is 4.81. The van der Waals surface area contributed by atoms with Gasteiger partial charge in [0.25, 0.3) is 11.6 Å². The summed E-state index contributed by atoms with van der Waals surface area (Å²) in [5, 5.41) is 32.7. The number of nitrogens with zero attached hydrogens (tertiary/aromatic N) is 3. The number of carbonyl (C=O) groups is 1. The standard InChI is InChI=1S/C17H12N4O4/c18-10-14(8-13-2-1-3-15(9-13)21(24)25)17(23)20-19-11-12-4-6-16(22)7-5-12/h1-9,11,22H,(H,20,23)/b14-8+,19-11+. The molecule has 2 N–H and O–H groups in total. The highest BCUT2D eigenvalue weighted by molar-refractivity contribution is 6.02. The molecule has 0 heterocycles. The molecule has 0 bridgehead atoms. The minimum Gasteiger partial charge on any atom is -0.508 e. The maximum Gasteiger partial charge on any atom is 0.282 e. The third-order valence-electron chi connectivity index (χ3n) is 3.03. The normalized spacial score (nSPS) is 11.1. The molecule has 8 heteroatoms. The summed E-state index contributed by atoms with van der Waals surface area (Å²) in [6.07, 6.45) is 2.58. The Bertz CT molecular complexity index is 896. The zero-order valence-corrected chi connectivity index (χ0v) is 12.8. The number of benzene rings is 2. The third kappa shape index (κ3) is 5.01. The van der Waals surface area contributed by atoms with Crippen LogP contribution in [0.15, 0.2) is 59.2 Å². The number of nitrogens with one attached hydrogen (secondary N) is 1. The molecule has 2 aromatic rings. The maximum absolute atomic E-state index is 12.0. The molecule has 0 atom stereocenters. The Morgan fingerprint density at radius 2 is 1.96 bits per heavy atom. The lowest BCUT2D eigenvalue weighted by atomic mass is 10.1. The Balaban J connectivity index is 2.10. The average Bonchev–Trinajstić information content (AvgIpc) is 2.61. The van der Waals surface area contributed by atoms with Gasteiger partial charge in [0, 0.05) is 12.1 Å². The van der Waals surface area contributed by atoms with Crippen LogP contribution in [0.25, 0.3) is 6.08 Å². The number of hydrogen-bond acceptors (Lipinski definition) is 6. The predicted octanol–water partition coefficient (Wildman–Crippen LogP) is 2.36. The number of nitriles is 1. The van der Waals surface area contributed by atoms with Crippen LogP contribution in [0.5, 0.6) is 5.75 Å². The molecule has 124 valence electrons. The summed E-state index contributed by atoms with van der Waals surface area (Å²) in [5.74, 6) is -0.642. The fourth-order valence-electron chi connectivity index (χ4n) is 1.83. The molecule has 25 heavy (non-hydrogen) atoms. The number of amides is 1. The number of hydrazone groups is 1. The van der Waals surface area contributed by atoms with Crippen LogP contribution in [0, 0.1) is 21.4 Å². The highest BCUT2D eigenvalue weighted by atomic mass is 16.6. The molecule has 0 aliphatic carbocycles. The van der Waals surface area contributed by atoms with Gasteiger partial charge in [0.05, 0.1) is 11.1 Å². The molecule has 2 aromatic carbocycles. The first-order valence-corrected chi connectivity index (χ1v) is 6.98. The van der Waals surface area contributed by atoms with E-state index in [9.17, 15) is 14.9 Å². The van der Waals surface area contributed by atoms with E-state index in [0.717, 1.165) is 0 Å². The molecular weight excluding hydrogens is 324 g/mol. The highest BCUT2D eigenvalue weighted by Gasteiger charge is 2.10. The van der Waals surface area contributed by atoms with Crippen LogP contribution in [0.1, 0.15) is 11.1 Å². The van der Waals surface area contributed by atoms with Crippen molar-refractivity contribution in [2.45, 2.75) is 0 Å². The first-order chi connectivity index (χ1) is 12.0. The van der Waals surface area contributed by atoms with Crippen molar-refractivity contribution >= 4 is 23.9 Å². The van der Waals surface area contributed by atoms with Gasteiger partial charge >= 0.3 is 0 Å². The van der Waals surface area contributed by atoms with Crippen LogP contribution in [0.3, 0.4) is 0 Å². The summed E-state index contributed by atoms with van der Waals surface area (Å²) < 4.78 is 0. The molecule has 0 radical (unpaired) electrons. The zero-order valence-electron chi connectivity index (χ0n) is 12.8.